The molecule has 3 aliphatic rings. The molecule has 2 aromatic heterocycles. The minimum absolute atomic E-state index is 0.0757. The van der Waals surface area contributed by atoms with Crippen LogP contribution in [0.2, 0.25) is 0 Å². The number of piperazine rings is 1. The van der Waals surface area contributed by atoms with Gasteiger partial charge < -0.3 is 34.1 Å². The summed E-state index contributed by atoms with van der Waals surface area (Å²) in [6.07, 6.45) is -0.339. The number of carbonyl (C=O) groups excluding carboxylic acids is 2. The Kier molecular flexibility index (Phi) is 6.63. The van der Waals surface area contributed by atoms with Crippen molar-refractivity contribution >= 4 is 23.0 Å². The fourth-order valence-corrected chi connectivity index (χ4v) is 5.63. The van der Waals surface area contributed by atoms with E-state index in [1.54, 1.807) is 34.6 Å². The first kappa shape index (κ1) is 27.4. The summed E-state index contributed by atoms with van der Waals surface area (Å²) in [5, 5.41) is 15.1. The van der Waals surface area contributed by atoms with E-state index >= 15 is 0 Å². The van der Waals surface area contributed by atoms with Crippen molar-refractivity contribution < 1.29 is 28.9 Å². The fraction of sp³-hybridized carbons (Fsp3) is 0.467. The van der Waals surface area contributed by atoms with Gasteiger partial charge >= 0.3 is 12.1 Å². The summed E-state index contributed by atoms with van der Waals surface area (Å²) >= 11 is 0. The van der Waals surface area contributed by atoms with Crippen molar-refractivity contribution in [2.24, 2.45) is 0 Å². The summed E-state index contributed by atoms with van der Waals surface area (Å²) in [6, 6.07) is 7.16. The van der Waals surface area contributed by atoms with E-state index < -0.39 is 23.3 Å². The number of ether oxygens (including phenoxy) is 3. The lowest BCUT2D eigenvalue weighted by Crippen LogP contribution is -2.47. The Bertz CT molecular complexity index is 1630. The van der Waals surface area contributed by atoms with E-state index in [4.69, 9.17) is 19.2 Å². The Morgan fingerprint density at radius 2 is 1.95 bits per heavy atom. The first-order chi connectivity index (χ1) is 19.5. The van der Waals surface area contributed by atoms with Gasteiger partial charge in [-0.05, 0) is 51.5 Å². The standard InChI is InChI=1S/C30H34N4O7/c1-5-30(38)21-13-23-25-17(14-34(23)26(35)20(21)15-39-27(30)36)12-18-19(16-40-29(2,3)4)24(7-6-22(18)32-25)41-28(37)33-10-8-31-9-11-33/h6-7,12-13,31,38H,5,8-11,14-16H2,1-4H3. The third kappa shape index (κ3) is 4.67. The molecule has 1 unspecified atom stereocenters. The van der Waals surface area contributed by atoms with Gasteiger partial charge in [-0.15, -0.1) is 0 Å². The van der Waals surface area contributed by atoms with Crippen LogP contribution in [0.15, 0.2) is 29.1 Å². The predicted octanol–water partition coefficient (Wildman–Crippen LogP) is 2.80. The van der Waals surface area contributed by atoms with Gasteiger partial charge in [0.2, 0.25) is 0 Å². The second-order valence-corrected chi connectivity index (χ2v) is 11.7. The Balaban J connectivity index is 1.45. The highest BCUT2D eigenvalue weighted by Crippen LogP contribution is 2.40. The molecule has 11 heteroatoms. The third-order valence-corrected chi connectivity index (χ3v) is 7.98. The minimum Gasteiger partial charge on any atom is -0.458 e. The number of amides is 1. The number of fused-ring (bicyclic) bond motifs is 5. The van der Waals surface area contributed by atoms with Crippen molar-refractivity contribution in [1.82, 2.24) is 19.8 Å². The quantitative estimate of drug-likeness (QED) is 0.360. The van der Waals surface area contributed by atoms with Crippen molar-refractivity contribution in [3.05, 3.63) is 56.9 Å². The van der Waals surface area contributed by atoms with Gasteiger partial charge in [-0.25, -0.2) is 14.6 Å². The Morgan fingerprint density at radius 1 is 1.20 bits per heavy atom. The van der Waals surface area contributed by atoms with Gasteiger partial charge in [-0.1, -0.05) is 6.92 Å². The Hall–Kier alpha value is -3.80. The molecule has 1 atom stereocenters. The molecule has 0 spiro atoms. The largest absolute Gasteiger partial charge is 0.458 e. The van der Waals surface area contributed by atoms with Crippen LogP contribution in [0.5, 0.6) is 5.75 Å². The van der Waals surface area contributed by atoms with Crippen molar-refractivity contribution in [1.29, 1.82) is 0 Å². The molecular weight excluding hydrogens is 528 g/mol. The number of carbonyl (C=O) groups is 2. The van der Waals surface area contributed by atoms with E-state index in [0.29, 0.717) is 54.4 Å². The summed E-state index contributed by atoms with van der Waals surface area (Å²) < 4.78 is 18.8. The van der Waals surface area contributed by atoms with E-state index in [2.05, 4.69) is 5.32 Å². The van der Waals surface area contributed by atoms with Crippen LogP contribution >= 0.6 is 0 Å². The number of pyridine rings is 2. The maximum Gasteiger partial charge on any atom is 0.415 e. The number of hydrogen-bond donors (Lipinski definition) is 2. The topological polar surface area (TPSA) is 132 Å². The average Bonchev–Trinajstić information content (AvgIpc) is 3.31. The highest BCUT2D eigenvalue weighted by atomic mass is 16.6. The monoisotopic (exact) mass is 562 g/mol. The van der Waals surface area contributed by atoms with E-state index in [-0.39, 0.29) is 42.9 Å². The van der Waals surface area contributed by atoms with E-state index in [0.717, 1.165) is 10.9 Å². The molecule has 2 N–H and O–H groups in total. The highest BCUT2D eigenvalue weighted by Gasteiger charge is 2.45. The Labute approximate surface area is 237 Å². The van der Waals surface area contributed by atoms with E-state index in [1.165, 1.54) is 0 Å². The highest BCUT2D eigenvalue weighted by molar-refractivity contribution is 5.90. The third-order valence-electron chi connectivity index (χ3n) is 7.98. The second kappa shape index (κ2) is 9.93. The number of hydrogen-bond acceptors (Lipinski definition) is 9. The maximum atomic E-state index is 13.5. The first-order valence-electron chi connectivity index (χ1n) is 13.9. The van der Waals surface area contributed by atoms with E-state index in [9.17, 15) is 19.5 Å². The summed E-state index contributed by atoms with van der Waals surface area (Å²) in [7, 11) is 0. The molecular formula is C30H34N4O7. The summed E-state index contributed by atoms with van der Waals surface area (Å²) in [5.74, 6) is -0.355. The number of aromatic nitrogens is 2. The zero-order valence-electron chi connectivity index (χ0n) is 23.7. The predicted molar refractivity (Wildman–Crippen MR) is 150 cm³/mol. The van der Waals surface area contributed by atoms with E-state index in [1.807, 2.05) is 26.8 Å². The van der Waals surface area contributed by atoms with Crippen LogP contribution < -0.4 is 15.6 Å². The number of rotatable bonds is 4. The van der Waals surface area contributed by atoms with Gasteiger partial charge in [0.15, 0.2) is 5.60 Å². The molecule has 3 aliphatic heterocycles. The molecule has 216 valence electrons. The number of benzene rings is 1. The summed E-state index contributed by atoms with van der Waals surface area (Å²) in [4.78, 5) is 45.6. The lowest BCUT2D eigenvalue weighted by atomic mass is 9.86. The van der Waals surface area contributed by atoms with Crippen LogP contribution in [0.4, 0.5) is 4.79 Å². The molecule has 0 saturated carbocycles. The number of cyclic esters (lactones) is 1. The minimum atomic E-state index is -1.89. The molecule has 1 fully saturated rings. The van der Waals surface area contributed by atoms with Gasteiger partial charge in [0.1, 0.15) is 12.4 Å². The lowest BCUT2D eigenvalue weighted by molar-refractivity contribution is -0.172. The van der Waals surface area contributed by atoms with Crippen molar-refractivity contribution in [2.45, 2.75) is 65.1 Å². The van der Waals surface area contributed by atoms with Gasteiger partial charge in [0.25, 0.3) is 5.56 Å². The first-order valence-corrected chi connectivity index (χ1v) is 13.9. The molecule has 1 aromatic carbocycles. The van der Waals surface area contributed by atoms with Crippen LogP contribution in [0.25, 0.3) is 22.3 Å². The number of nitrogens with zero attached hydrogens (tertiary/aromatic N) is 3. The average molecular weight is 563 g/mol. The fourth-order valence-electron chi connectivity index (χ4n) is 5.63. The summed E-state index contributed by atoms with van der Waals surface area (Å²) in [5.41, 5.74) is 1.17. The number of aliphatic hydroxyl groups is 1. The molecule has 11 nitrogen and oxygen atoms in total. The van der Waals surface area contributed by atoms with Crippen LogP contribution in [-0.2, 0) is 39.6 Å². The van der Waals surface area contributed by atoms with Crippen LogP contribution in [0, 0.1) is 0 Å². The molecule has 0 aliphatic carbocycles. The van der Waals surface area contributed by atoms with Crippen molar-refractivity contribution in [2.75, 3.05) is 26.2 Å². The van der Waals surface area contributed by atoms with Crippen LogP contribution in [0.3, 0.4) is 0 Å². The maximum absolute atomic E-state index is 13.5. The summed E-state index contributed by atoms with van der Waals surface area (Å²) in [6.45, 7) is 10.4. The van der Waals surface area contributed by atoms with Gasteiger partial charge in [0, 0.05) is 48.3 Å². The molecule has 0 radical (unpaired) electrons. The van der Waals surface area contributed by atoms with Gasteiger partial charge in [-0.2, -0.15) is 0 Å². The van der Waals surface area contributed by atoms with Crippen molar-refractivity contribution in [3.63, 3.8) is 0 Å². The molecule has 1 amide bonds. The second-order valence-electron chi connectivity index (χ2n) is 11.7. The lowest BCUT2D eigenvalue weighted by Gasteiger charge is -2.31. The smallest absolute Gasteiger partial charge is 0.415 e. The van der Waals surface area contributed by atoms with Crippen LogP contribution in [-0.4, -0.2) is 63.4 Å². The number of nitrogens with one attached hydrogen (secondary N) is 1. The SMILES string of the molecule is CCC1(O)C(=O)OCc2c1cc1n(c2=O)Cc2cc3c(COC(C)(C)C)c(OC(=O)N4CCNCC4)ccc3nc2-1. The number of esters is 1. The normalized spacial score (nSPS) is 19.9. The van der Waals surface area contributed by atoms with Gasteiger partial charge in [-0.3, -0.25) is 4.79 Å². The molecule has 3 aromatic rings. The van der Waals surface area contributed by atoms with Crippen LogP contribution in [0.1, 0.15) is 56.4 Å². The van der Waals surface area contributed by atoms with Gasteiger partial charge in [0.05, 0.1) is 41.2 Å². The zero-order valence-corrected chi connectivity index (χ0v) is 23.7. The molecule has 41 heavy (non-hydrogen) atoms. The molecule has 6 rings (SSSR count). The molecule has 1 saturated heterocycles. The Morgan fingerprint density at radius 3 is 2.66 bits per heavy atom. The zero-order chi connectivity index (χ0) is 29.1. The van der Waals surface area contributed by atoms with Crippen molar-refractivity contribution in [3.8, 4) is 17.1 Å². The molecule has 5 heterocycles. The molecule has 0 bridgehead atoms.